The maximum absolute atomic E-state index is 12.1. The number of ether oxygens (including phenoxy) is 2. The van der Waals surface area contributed by atoms with Crippen molar-refractivity contribution in [1.29, 1.82) is 0 Å². The molecule has 0 unspecified atom stereocenters. The van der Waals surface area contributed by atoms with Crippen molar-refractivity contribution in [2.24, 2.45) is 5.92 Å². The van der Waals surface area contributed by atoms with Crippen molar-refractivity contribution in [1.82, 2.24) is 5.32 Å². The Balaban J connectivity index is 2.03. The molecule has 1 aliphatic carbocycles. The van der Waals surface area contributed by atoms with Crippen LogP contribution in [0.5, 0.6) is 11.5 Å². The van der Waals surface area contributed by atoms with Gasteiger partial charge in [-0.25, -0.2) is 0 Å². The molecule has 0 bridgehead atoms. The molecule has 0 aromatic heterocycles. The van der Waals surface area contributed by atoms with Gasteiger partial charge in [0.2, 0.25) is 5.91 Å². The molecule has 1 aromatic rings. The van der Waals surface area contributed by atoms with Crippen LogP contribution in [0.1, 0.15) is 52.0 Å². The summed E-state index contributed by atoms with van der Waals surface area (Å²) < 4.78 is 10.1. The fraction of sp³-hybridized carbons (Fsp3) is 0.450. The first kappa shape index (κ1) is 19.7. The molecule has 6 heteroatoms. The molecule has 1 amide bonds. The van der Waals surface area contributed by atoms with Crippen LogP contribution in [0.15, 0.2) is 24.3 Å². The largest absolute Gasteiger partial charge is 0.423 e. The predicted octanol–water partition coefficient (Wildman–Crippen LogP) is 3.25. The van der Waals surface area contributed by atoms with Gasteiger partial charge in [0, 0.05) is 26.0 Å². The molecular formula is C20H25NO5. The summed E-state index contributed by atoms with van der Waals surface area (Å²) >= 11 is 0. The zero-order valence-electron chi connectivity index (χ0n) is 15.4. The number of amides is 1. The number of nitrogens with one attached hydrogen (secondary N) is 1. The average molecular weight is 359 g/mol. The molecule has 0 spiro atoms. The Bertz CT molecular complexity index is 702. The van der Waals surface area contributed by atoms with E-state index in [0.717, 1.165) is 31.6 Å². The van der Waals surface area contributed by atoms with Gasteiger partial charge in [-0.1, -0.05) is 13.0 Å². The van der Waals surface area contributed by atoms with Gasteiger partial charge in [0.1, 0.15) is 0 Å². The fourth-order valence-electron chi connectivity index (χ4n) is 2.93. The third-order valence-corrected chi connectivity index (χ3v) is 4.26. The minimum Gasteiger partial charge on any atom is -0.423 e. The fourth-order valence-corrected chi connectivity index (χ4v) is 2.93. The van der Waals surface area contributed by atoms with E-state index in [0.29, 0.717) is 5.56 Å². The topological polar surface area (TPSA) is 81.7 Å². The lowest BCUT2D eigenvalue weighted by Gasteiger charge is -2.26. The van der Waals surface area contributed by atoms with E-state index in [1.54, 1.807) is 18.2 Å². The highest BCUT2D eigenvalue weighted by atomic mass is 16.6. The standard InChI is InChI=1S/C20H25NO5/c1-13-4-8-17(9-5-13)21-20(24)11-7-16-6-10-18(25-14(2)22)19(12-16)26-15(3)23/h6-7,10-13,17H,4-5,8-9H2,1-3H3,(H,21,24)/b11-7+/t13-,17-. The number of hydrogen-bond acceptors (Lipinski definition) is 5. The van der Waals surface area contributed by atoms with Crippen LogP contribution in [0, 0.1) is 5.92 Å². The van der Waals surface area contributed by atoms with Gasteiger partial charge in [-0.05, 0) is 55.4 Å². The Hall–Kier alpha value is -2.63. The Kier molecular flexibility index (Phi) is 6.95. The summed E-state index contributed by atoms with van der Waals surface area (Å²) in [5.41, 5.74) is 0.657. The van der Waals surface area contributed by atoms with E-state index in [1.165, 1.54) is 26.0 Å². The number of hydrogen-bond donors (Lipinski definition) is 1. The van der Waals surface area contributed by atoms with E-state index in [4.69, 9.17) is 9.47 Å². The summed E-state index contributed by atoms with van der Waals surface area (Å²) in [7, 11) is 0. The molecule has 140 valence electrons. The first-order chi connectivity index (χ1) is 12.3. The monoisotopic (exact) mass is 359 g/mol. The van der Waals surface area contributed by atoms with Crippen molar-refractivity contribution in [3.05, 3.63) is 29.8 Å². The number of esters is 2. The van der Waals surface area contributed by atoms with Crippen molar-refractivity contribution in [3.8, 4) is 11.5 Å². The second-order valence-corrected chi connectivity index (χ2v) is 6.69. The minimum atomic E-state index is -0.524. The van der Waals surface area contributed by atoms with E-state index < -0.39 is 11.9 Å². The van der Waals surface area contributed by atoms with Gasteiger partial charge >= 0.3 is 11.9 Å². The van der Waals surface area contributed by atoms with Gasteiger partial charge in [-0.3, -0.25) is 14.4 Å². The first-order valence-corrected chi connectivity index (χ1v) is 8.83. The molecule has 0 atom stereocenters. The SMILES string of the molecule is CC(=O)Oc1ccc(/C=C/C(=O)N[C@H]2CC[C@H](C)CC2)cc1OC(C)=O. The van der Waals surface area contributed by atoms with Crippen LogP contribution in [0.3, 0.4) is 0 Å². The molecule has 2 rings (SSSR count). The zero-order chi connectivity index (χ0) is 19.1. The lowest BCUT2D eigenvalue weighted by molar-refractivity contribution is -0.134. The number of benzene rings is 1. The molecule has 1 fully saturated rings. The van der Waals surface area contributed by atoms with Crippen molar-refractivity contribution in [2.75, 3.05) is 0 Å². The lowest BCUT2D eigenvalue weighted by atomic mass is 9.87. The molecule has 6 nitrogen and oxygen atoms in total. The number of carbonyl (C=O) groups is 3. The van der Waals surface area contributed by atoms with E-state index in [2.05, 4.69) is 12.2 Å². The third-order valence-electron chi connectivity index (χ3n) is 4.26. The number of carbonyl (C=O) groups excluding carboxylic acids is 3. The molecular weight excluding hydrogens is 334 g/mol. The summed E-state index contributed by atoms with van der Waals surface area (Å²) in [4.78, 5) is 34.4. The Morgan fingerprint density at radius 2 is 1.62 bits per heavy atom. The van der Waals surface area contributed by atoms with Crippen LogP contribution >= 0.6 is 0 Å². The minimum absolute atomic E-state index is 0.136. The van der Waals surface area contributed by atoms with Crippen molar-refractivity contribution >= 4 is 23.9 Å². The highest BCUT2D eigenvalue weighted by molar-refractivity contribution is 5.92. The van der Waals surface area contributed by atoms with Crippen LogP contribution in [-0.2, 0) is 14.4 Å². The maximum Gasteiger partial charge on any atom is 0.308 e. The second-order valence-electron chi connectivity index (χ2n) is 6.69. The van der Waals surface area contributed by atoms with Crippen LogP contribution in [-0.4, -0.2) is 23.9 Å². The van der Waals surface area contributed by atoms with Crippen LogP contribution < -0.4 is 14.8 Å². The highest BCUT2D eigenvalue weighted by Crippen LogP contribution is 2.29. The summed E-state index contributed by atoms with van der Waals surface area (Å²) in [5, 5.41) is 3.01. The molecule has 26 heavy (non-hydrogen) atoms. The van der Waals surface area contributed by atoms with Crippen molar-refractivity contribution in [3.63, 3.8) is 0 Å². The van der Waals surface area contributed by atoms with Gasteiger partial charge in [0.25, 0.3) is 0 Å². The molecule has 1 N–H and O–H groups in total. The highest BCUT2D eigenvalue weighted by Gasteiger charge is 2.18. The molecule has 1 aliphatic rings. The summed E-state index contributed by atoms with van der Waals surface area (Å²) in [6, 6.07) is 4.98. The molecule has 1 saturated carbocycles. The predicted molar refractivity (Wildman–Crippen MR) is 97.7 cm³/mol. The second kappa shape index (κ2) is 9.17. The first-order valence-electron chi connectivity index (χ1n) is 8.83. The molecule has 1 aromatic carbocycles. The van der Waals surface area contributed by atoms with Crippen LogP contribution in [0.2, 0.25) is 0 Å². The van der Waals surface area contributed by atoms with Gasteiger partial charge in [0.05, 0.1) is 0 Å². The summed E-state index contributed by atoms with van der Waals surface area (Å²) in [6.07, 6.45) is 7.38. The number of rotatable bonds is 5. The van der Waals surface area contributed by atoms with Gasteiger partial charge < -0.3 is 14.8 Å². The van der Waals surface area contributed by atoms with Gasteiger partial charge in [-0.2, -0.15) is 0 Å². The molecule has 0 saturated heterocycles. The normalized spacial score (nSPS) is 19.8. The van der Waals surface area contributed by atoms with Gasteiger partial charge in [-0.15, -0.1) is 0 Å². The van der Waals surface area contributed by atoms with Crippen molar-refractivity contribution in [2.45, 2.75) is 52.5 Å². The Labute approximate surface area is 153 Å². The lowest BCUT2D eigenvalue weighted by Crippen LogP contribution is -2.36. The van der Waals surface area contributed by atoms with Crippen LogP contribution in [0.4, 0.5) is 0 Å². The Morgan fingerprint density at radius 3 is 2.23 bits per heavy atom. The molecule has 0 aliphatic heterocycles. The van der Waals surface area contributed by atoms with E-state index in [-0.39, 0.29) is 23.4 Å². The summed E-state index contributed by atoms with van der Waals surface area (Å²) in [5.74, 6) is -0.161. The average Bonchev–Trinajstić information content (AvgIpc) is 2.56. The van der Waals surface area contributed by atoms with Gasteiger partial charge in [0.15, 0.2) is 11.5 Å². The van der Waals surface area contributed by atoms with E-state index >= 15 is 0 Å². The van der Waals surface area contributed by atoms with E-state index in [9.17, 15) is 14.4 Å². The quantitative estimate of drug-likeness (QED) is 0.496. The summed E-state index contributed by atoms with van der Waals surface area (Å²) in [6.45, 7) is 4.76. The van der Waals surface area contributed by atoms with Crippen LogP contribution in [0.25, 0.3) is 6.08 Å². The van der Waals surface area contributed by atoms with Crippen molar-refractivity contribution < 1.29 is 23.9 Å². The smallest absolute Gasteiger partial charge is 0.308 e. The molecule has 0 radical (unpaired) electrons. The zero-order valence-corrected chi connectivity index (χ0v) is 15.4. The maximum atomic E-state index is 12.1. The Morgan fingerprint density at radius 1 is 1.00 bits per heavy atom. The van der Waals surface area contributed by atoms with E-state index in [1.807, 2.05) is 0 Å². The molecule has 0 heterocycles. The third kappa shape index (κ3) is 6.35.